The van der Waals surface area contributed by atoms with Gasteiger partial charge in [-0.3, -0.25) is 9.69 Å². The number of benzene rings is 2. The second-order valence-electron chi connectivity index (χ2n) is 5.58. The van der Waals surface area contributed by atoms with Gasteiger partial charge in [-0.1, -0.05) is 60.7 Å². The summed E-state index contributed by atoms with van der Waals surface area (Å²) < 4.78 is 0. The maximum Gasteiger partial charge on any atom is 1.00 e. The molecule has 25 heavy (non-hydrogen) atoms. The third-order valence-corrected chi connectivity index (χ3v) is 4.19. The SMILES string of the molecule is CC(C(=O)[O-])N1C(=O)NC(c2ccccc2)(c2ccccc2)C1=O.[Na+]. The van der Waals surface area contributed by atoms with Crippen molar-refractivity contribution >= 4 is 17.9 Å². The molecule has 3 rings (SSSR count). The summed E-state index contributed by atoms with van der Waals surface area (Å²) in [7, 11) is 0. The largest absolute Gasteiger partial charge is 1.00 e. The number of amides is 3. The molecular weight excluding hydrogens is 331 g/mol. The zero-order valence-electron chi connectivity index (χ0n) is 13.9. The zero-order valence-corrected chi connectivity index (χ0v) is 15.9. The van der Waals surface area contributed by atoms with Crippen LogP contribution in [0.4, 0.5) is 4.79 Å². The Hall–Kier alpha value is -2.15. The van der Waals surface area contributed by atoms with E-state index >= 15 is 0 Å². The smallest absolute Gasteiger partial charge is 0.548 e. The molecule has 1 unspecified atom stereocenters. The number of carbonyl (C=O) groups excluding carboxylic acids is 3. The van der Waals surface area contributed by atoms with E-state index in [9.17, 15) is 19.5 Å². The summed E-state index contributed by atoms with van der Waals surface area (Å²) in [5, 5.41) is 13.9. The van der Waals surface area contributed by atoms with Gasteiger partial charge in [0.05, 0.1) is 12.0 Å². The molecule has 0 bridgehead atoms. The van der Waals surface area contributed by atoms with Gasteiger partial charge >= 0.3 is 35.6 Å². The molecule has 7 heteroatoms. The summed E-state index contributed by atoms with van der Waals surface area (Å²) in [5.41, 5.74) is -0.339. The molecule has 0 saturated carbocycles. The molecule has 0 aliphatic carbocycles. The van der Waals surface area contributed by atoms with Crippen molar-refractivity contribution in [1.82, 2.24) is 10.2 Å². The molecule has 1 N–H and O–H groups in total. The maximum atomic E-state index is 13.1. The zero-order chi connectivity index (χ0) is 17.3. The van der Waals surface area contributed by atoms with Gasteiger partial charge in [-0.05, 0) is 18.1 Å². The number of urea groups is 1. The number of carboxylic acids is 1. The molecule has 0 spiro atoms. The van der Waals surface area contributed by atoms with E-state index in [4.69, 9.17) is 0 Å². The fourth-order valence-corrected chi connectivity index (χ4v) is 2.94. The van der Waals surface area contributed by atoms with Gasteiger partial charge in [-0.25, -0.2) is 4.79 Å². The molecule has 1 fully saturated rings. The molecule has 2 aromatic rings. The fraction of sp³-hybridized carbons (Fsp3) is 0.167. The Kier molecular flexibility index (Phi) is 5.67. The van der Waals surface area contributed by atoms with Gasteiger partial charge in [0.2, 0.25) is 0 Å². The summed E-state index contributed by atoms with van der Waals surface area (Å²) in [6.07, 6.45) is 0. The van der Waals surface area contributed by atoms with Crippen LogP contribution in [0.15, 0.2) is 60.7 Å². The summed E-state index contributed by atoms with van der Waals surface area (Å²) in [6, 6.07) is 15.4. The molecule has 1 saturated heterocycles. The molecule has 1 atom stereocenters. The van der Waals surface area contributed by atoms with E-state index in [0.717, 1.165) is 0 Å². The van der Waals surface area contributed by atoms with E-state index in [2.05, 4.69) is 5.32 Å². The predicted octanol–water partition coefficient (Wildman–Crippen LogP) is -2.38. The molecule has 2 aromatic carbocycles. The molecular formula is C18H15N2NaO4. The molecule has 1 aliphatic heterocycles. The Bertz CT molecular complexity index is 756. The number of hydrogen-bond donors (Lipinski definition) is 1. The number of hydrogen-bond acceptors (Lipinski definition) is 4. The van der Waals surface area contributed by atoms with Gasteiger partial charge in [-0.15, -0.1) is 0 Å². The van der Waals surface area contributed by atoms with Crippen molar-refractivity contribution in [3.05, 3.63) is 71.8 Å². The van der Waals surface area contributed by atoms with Gasteiger partial charge in [0.1, 0.15) is 0 Å². The van der Waals surface area contributed by atoms with E-state index in [1.54, 1.807) is 60.7 Å². The van der Waals surface area contributed by atoms with Crippen molar-refractivity contribution in [2.75, 3.05) is 0 Å². The van der Waals surface area contributed by atoms with Crippen LogP contribution >= 0.6 is 0 Å². The van der Waals surface area contributed by atoms with E-state index in [1.165, 1.54) is 6.92 Å². The van der Waals surface area contributed by atoms with Gasteiger partial charge < -0.3 is 15.2 Å². The van der Waals surface area contributed by atoms with Gasteiger partial charge in [0, 0.05) is 0 Å². The minimum atomic E-state index is -1.49. The maximum absolute atomic E-state index is 13.1. The second-order valence-corrected chi connectivity index (χ2v) is 5.58. The Morgan fingerprint density at radius 3 is 1.84 bits per heavy atom. The van der Waals surface area contributed by atoms with Crippen LogP contribution in [0.1, 0.15) is 18.1 Å². The third-order valence-electron chi connectivity index (χ3n) is 4.19. The van der Waals surface area contributed by atoms with Crippen LogP contribution in [0.3, 0.4) is 0 Å². The van der Waals surface area contributed by atoms with Crippen molar-refractivity contribution < 1.29 is 49.0 Å². The number of carbonyl (C=O) groups is 3. The average Bonchev–Trinajstić information content (AvgIpc) is 2.87. The van der Waals surface area contributed by atoms with Gasteiger partial charge in [0.15, 0.2) is 5.54 Å². The minimum Gasteiger partial charge on any atom is -0.548 e. The standard InChI is InChI=1S/C18H16N2O4.Na/c1-12(15(21)22)20-16(23)18(19-17(20)24,13-8-4-2-5-9-13)14-10-6-3-7-11-14;/h2-12H,1H3,(H,19,24)(H,21,22);/q;+1/p-1. The van der Waals surface area contributed by atoms with Crippen LogP contribution in [-0.4, -0.2) is 28.8 Å². The number of imide groups is 1. The molecule has 0 aromatic heterocycles. The first kappa shape index (κ1) is 19.2. The summed E-state index contributed by atoms with van der Waals surface area (Å²) >= 11 is 0. The van der Waals surface area contributed by atoms with Gasteiger partial charge in [-0.2, -0.15) is 0 Å². The minimum absolute atomic E-state index is 0. The van der Waals surface area contributed by atoms with E-state index in [0.29, 0.717) is 16.0 Å². The summed E-state index contributed by atoms with van der Waals surface area (Å²) in [5.74, 6) is -2.13. The van der Waals surface area contributed by atoms with Crippen LogP contribution in [0.5, 0.6) is 0 Å². The Labute approximate surface area is 167 Å². The molecule has 0 radical (unpaired) electrons. The Balaban J connectivity index is 0.00000225. The van der Waals surface area contributed by atoms with Crippen molar-refractivity contribution in [3.63, 3.8) is 0 Å². The molecule has 122 valence electrons. The molecule has 1 heterocycles. The number of aliphatic carboxylic acids is 1. The number of rotatable bonds is 4. The number of carboxylic acid groups (broad SMARTS) is 1. The first-order valence-corrected chi connectivity index (χ1v) is 7.46. The second kappa shape index (κ2) is 7.39. The first-order valence-electron chi connectivity index (χ1n) is 7.46. The Morgan fingerprint density at radius 2 is 1.44 bits per heavy atom. The van der Waals surface area contributed by atoms with Crippen LogP contribution in [0.25, 0.3) is 0 Å². The topological polar surface area (TPSA) is 89.5 Å². The van der Waals surface area contributed by atoms with Crippen molar-refractivity contribution in [3.8, 4) is 0 Å². The molecule has 3 amide bonds. The van der Waals surface area contributed by atoms with Crippen molar-refractivity contribution in [2.24, 2.45) is 0 Å². The quantitative estimate of drug-likeness (QED) is 0.495. The molecule has 6 nitrogen and oxygen atoms in total. The van der Waals surface area contributed by atoms with Gasteiger partial charge in [0.25, 0.3) is 5.91 Å². The number of nitrogens with one attached hydrogen (secondary N) is 1. The van der Waals surface area contributed by atoms with Crippen LogP contribution in [0, 0.1) is 0 Å². The van der Waals surface area contributed by atoms with Crippen molar-refractivity contribution in [2.45, 2.75) is 18.5 Å². The number of nitrogens with zero attached hydrogens (tertiary/aromatic N) is 1. The van der Waals surface area contributed by atoms with Crippen molar-refractivity contribution in [1.29, 1.82) is 0 Å². The average molecular weight is 346 g/mol. The van der Waals surface area contributed by atoms with E-state index in [1.807, 2.05) is 0 Å². The monoisotopic (exact) mass is 346 g/mol. The molecule has 1 aliphatic rings. The van der Waals surface area contributed by atoms with E-state index in [-0.39, 0.29) is 29.6 Å². The predicted molar refractivity (Wildman–Crippen MR) is 83.5 cm³/mol. The Morgan fingerprint density at radius 1 is 1.00 bits per heavy atom. The normalized spacial score (nSPS) is 16.8. The summed E-state index contributed by atoms with van der Waals surface area (Å²) in [4.78, 5) is 37.4. The fourth-order valence-electron chi connectivity index (χ4n) is 2.94. The van der Waals surface area contributed by atoms with Crippen LogP contribution < -0.4 is 40.0 Å². The van der Waals surface area contributed by atoms with Crippen LogP contribution in [-0.2, 0) is 15.1 Å². The summed E-state index contributed by atoms with van der Waals surface area (Å²) in [6.45, 7) is 1.25. The third kappa shape index (κ3) is 3.08. The first-order chi connectivity index (χ1) is 11.5. The van der Waals surface area contributed by atoms with Crippen LogP contribution in [0.2, 0.25) is 0 Å². The van der Waals surface area contributed by atoms with E-state index < -0.39 is 29.5 Å².